The van der Waals surface area contributed by atoms with Crippen molar-refractivity contribution in [2.45, 2.75) is 52.1 Å². The van der Waals surface area contributed by atoms with Gasteiger partial charge in [-0.2, -0.15) is 0 Å². The fraction of sp³-hybridized carbons (Fsp3) is 0.455. The summed E-state index contributed by atoms with van der Waals surface area (Å²) in [5.74, 6) is 0.511. The van der Waals surface area contributed by atoms with E-state index in [-0.39, 0.29) is 18.4 Å². The number of carbonyl (C=O) groups is 2. The number of aryl methyl sites for hydroxylation is 1. The van der Waals surface area contributed by atoms with Crippen molar-refractivity contribution in [1.29, 1.82) is 0 Å². The maximum Gasteiger partial charge on any atom is 0.254 e. The summed E-state index contributed by atoms with van der Waals surface area (Å²) in [6.45, 7) is 7.70. The molecule has 0 spiro atoms. The average Bonchev–Trinajstić information content (AvgIpc) is 3.51. The van der Waals surface area contributed by atoms with Gasteiger partial charge in [0.1, 0.15) is 12.3 Å². The van der Waals surface area contributed by atoms with E-state index in [4.69, 9.17) is 9.15 Å². The summed E-state index contributed by atoms with van der Waals surface area (Å²) in [6, 6.07) is 21.5. The van der Waals surface area contributed by atoms with Gasteiger partial charge in [0.15, 0.2) is 0 Å². The Kier molecular flexibility index (Phi) is 11.8. The van der Waals surface area contributed by atoms with Crippen LogP contribution >= 0.6 is 0 Å². The Morgan fingerprint density at radius 2 is 1.60 bits per heavy atom. The van der Waals surface area contributed by atoms with Crippen LogP contribution in [0.25, 0.3) is 0 Å². The second-order valence-electron chi connectivity index (χ2n) is 10.5. The number of benzene rings is 2. The first-order valence-electron chi connectivity index (χ1n) is 14.6. The molecule has 3 aromatic rings. The summed E-state index contributed by atoms with van der Waals surface area (Å²) in [5.41, 5.74) is 2.90. The highest BCUT2D eigenvalue weighted by atomic mass is 16.5. The standard InChI is InChI=1S/C33H43N3O4/c1-2-3-5-10-28-14-16-30(17-15-28)33(38)35(19-9-18-34-20-23-39-24-21-34)27-32(37)36(26-31-13-8-22-40-31)25-29-11-6-4-7-12-29/h4,6-8,11-17,22H,2-3,5,9-10,18-21,23-27H2,1H3. The van der Waals surface area contributed by atoms with E-state index in [0.717, 1.165) is 57.7 Å². The molecule has 2 aromatic carbocycles. The van der Waals surface area contributed by atoms with Gasteiger partial charge in [-0.1, -0.05) is 62.2 Å². The van der Waals surface area contributed by atoms with Crippen LogP contribution in [0.3, 0.4) is 0 Å². The van der Waals surface area contributed by atoms with Crippen molar-refractivity contribution in [3.8, 4) is 0 Å². The van der Waals surface area contributed by atoms with Crippen molar-refractivity contribution in [2.75, 3.05) is 45.9 Å². The molecular weight excluding hydrogens is 502 g/mol. The number of nitrogens with zero attached hydrogens (tertiary/aromatic N) is 3. The summed E-state index contributed by atoms with van der Waals surface area (Å²) in [4.78, 5) is 33.3. The SMILES string of the molecule is CCCCCc1ccc(C(=O)N(CCCN2CCOCC2)CC(=O)N(Cc2ccccc2)Cc2ccco2)cc1. The van der Waals surface area contributed by atoms with E-state index < -0.39 is 0 Å². The van der Waals surface area contributed by atoms with E-state index in [2.05, 4.69) is 24.0 Å². The molecule has 4 rings (SSSR count). The lowest BCUT2D eigenvalue weighted by atomic mass is 10.0. The monoisotopic (exact) mass is 545 g/mol. The molecule has 7 nitrogen and oxygen atoms in total. The van der Waals surface area contributed by atoms with Crippen LogP contribution in [-0.4, -0.2) is 72.5 Å². The van der Waals surface area contributed by atoms with Crippen LogP contribution in [0.1, 0.15) is 59.9 Å². The van der Waals surface area contributed by atoms with Gasteiger partial charge in [0, 0.05) is 38.3 Å². The Bertz CT molecular complexity index is 1140. The predicted octanol–water partition coefficient (Wildman–Crippen LogP) is 5.41. The van der Waals surface area contributed by atoms with Crippen LogP contribution in [-0.2, 0) is 29.0 Å². The Balaban J connectivity index is 1.46. The minimum atomic E-state index is -0.104. The minimum Gasteiger partial charge on any atom is -0.467 e. The number of hydrogen-bond donors (Lipinski definition) is 0. The fourth-order valence-corrected chi connectivity index (χ4v) is 5.03. The molecule has 0 bridgehead atoms. The van der Waals surface area contributed by atoms with Crippen molar-refractivity contribution in [1.82, 2.24) is 14.7 Å². The topological polar surface area (TPSA) is 66.2 Å². The first-order chi connectivity index (χ1) is 19.6. The molecule has 1 aromatic heterocycles. The van der Waals surface area contributed by atoms with Crippen molar-refractivity contribution in [2.24, 2.45) is 0 Å². The molecule has 40 heavy (non-hydrogen) atoms. The summed E-state index contributed by atoms with van der Waals surface area (Å²) in [7, 11) is 0. The highest BCUT2D eigenvalue weighted by molar-refractivity contribution is 5.96. The van der Waals surface area contributed by atoms with Gasteiger partial charge in [0.25, 0.3) is 5.91 Å². The maximum atomic E-state index is 13.7. The largest absolute Gasteiger partial charge is 0.467 e. The minimum absolute atomic E-state index is 0.0216. The quantitative estimate of drug-likeness (QED) is 0.239. The first kappa shape index (κ1) is 29.6. The summed E-state index contributed by atoms with van der Waals surface area (Å²) in [6.07, 6.45) is 6.98. The lowest BCUT2D eigenvalue weighted by Crippen LogP contribution is -2.44. The van der Waals surface area contributed by atoms with Crippen LogP contribution in [0.15, 0.2) is 77.4 Å². The molecular formula is C33H43N3O4. The van der Waals surface area contributed by atoms with E-state index in [0.29, 0.717) is 31.0 Å². The number of carbonyl (C=O) groups excluding carboxylic acids is 2. The van der Waals surface area contributed by atoms with Gasteiger partial charge < -0.3 is 19.0 Å². The average molecular weight is 546 g/mol. The predicted molar refractivity (Wildman–Crippen MR) is 157 cm³/mol. The summed E-state index contributed by atoms with van der Waals surface area (Å²) < 4.78 is 11.0. The molecule has 1 aliphatic rings. The lowest BCUT2D eigenvalue weighted by molar-refractivity contribution is -0.133. The van der Waals surface area contributed by atoms with E-state index in [1.807, 2.05) is 54.6 Å². The van der Waals surface area contributed by atoms with Gasteiger partial charge in [-0.25, -0.2) is 0 Å². The highest BCUT2D eigenvalue weighted by Crippen LogP contribution is 2.15. The number of amides is 2. The second-order valence-corrected chi connectivity index (χ2v) is 10.5. The van der Waals surface area contributed by atoms with Gasteiger partial charge in [-0.3, -0.25) is 14.5 Å². The number of rotatable bonds is 15. The van der Waals surface area contributed by atoms with Crippen LogP contribution in [0, 0.1) is 0 Å². The zero-order chi connectivity index (χ0) is 28.0. The van der Waals surface area contributed by atoms with E-state index in [1.165, 1.54) is 18.4 Å². The normalized spacial score (nSPS) is 13.7. The number of unbranched alkanes of at least 4 members (excludes halogenated alkanes) is 2. The number of morpholine rings is 1. The third kappa shape index (κ3) is 9.35. The molecule has 2 amide bonds. The van der Waals surface area contributed by atoms with Gasteiger partial charge in [0.05, 0.1) is 26.0 Å². The first-order valence-corrected chi connectivity index (χ1v) is 14.6. The number of ether oxygens (including phenoxy) is 1. The molecule has 214 valence electrons. The molecule has 0 saturated carbocycles. The molecule has 7 heteroatoms. The Labute approximate surface area is 238 Å². The molecule has 1 fully saturated rings. The molecule has 1 aliphatic heterocycles. The third-order valence-electron chi connectivity index (χ3n) is 7.39. The molecule has 1 saturated heterocycles. The third-order valence-corrected chi connectivity index (χ3v) is 7.39. The fourth-order valence-electron chi connectivity index (χ4n) is 5.03. The molecule has 0 radical (unpaired) electrons. The van der Waals surface area contributed by atoms with Crippen LogP contribution in [0.2, 0.25) is 0 Å². The van der Waals surface area contributed by atoms with E-state index in [1.54, 1.807) is 16.1 Å². The molecule has 0 N–H and O–H groups in total. The molecule has 0 unspecified atom stereocenters. The number of hydrogen-bond acceptors (Lipinski definition) is 5. The van der Waals surface area contributed by atoms with E-state index in [9.17, 15) is 9.59 Å². The lowest BCUT2D eigenvalue weighted by Gasteiger charge is -2.30. The second kappa shape index (κ2) is 16.0. The Morgan fingerprint density at radius 1 is 0.825 bits per heavy atom. The summed E-state index contributed by atoms with van der Waals surface area (Å²) in [5, 5.41) is 0. The van der Waals surface area contributed by atoms with Crippen LogP contribution < -0.4 is 0 Å². The van der Waals surface area contributed by atoms with Gasteiger partial charge in [-0.15, -0.1) is 0 Å². The molecule has 2 heterocycles. The van der Waals surface area contributed by atoms with Gasteiger partial charge >= 0.3 is 0 Å². The van der Waals surface area contributed by atoms with Crippen LogP contribution in [0.5, 0.6) is 0 Å². The highest BCUT2D eigenvalue weighted by Gasteiger charge is 2.24. The van der Waals surface area contributed by atoms with E-state index >= 15 is 0 Å². The van der Waals surface area contributed by atoms with Gasteiger partial charge in [-0.05, 0) is 54.7 Å². The van der Waals surface area contributed by atoms with Crippen molar-refractivity contribution < 1.29 is 18.7 Å². The number of furan rings is 1. The zero-order valence-electron chi connectivity index (χ0n) is 23.8. The van der Waals surface area contributed by atoms with Crippen molar-refractivity contribution in [3.63, 3.8) is 0 Å². The van der Waals surface area contributed by atoms with Crippen molar-refractivity contribution >= 4 is 11.8 Å². The summed E-state index contributed by atoms with van der Waals surface area (Å²) >= 11 is 0. The zero-order valence-corrected chi connectivity index (χ0v) is 23.8. The Hall–Kier alpha value is -3.42. The molecule has 0 atom stereocenters. The smallest absolute Gasteiger partial charge is 0.254 e. The van der Waals surface area contributed by atoms with Crippen LogP contribution in [0.4, 0.5) is 0 Å². The van der Waals surface area contributed by atoms with Crippen molar-refractivity contribution in [3.05, 3.63) is 95.4 Å². The molecule has 0 aliphatic carbocycles. The maximum absolute atomic E-state index is 13.7. The van der Waals surface area contributed by atoms with Gasteiger partial charge in [0.2, 0.25) is 5.91 Å². The Morgan fingerprint density at radius 3 is 2.30 bits per heavy atom.